The van der Waals surface area contributed by atoms with Gasteiger partial charge in [0.1, 0.15) is 36.7 Å². The summed E-state index contributed by atoms with van der Waals surface area (Å²) in [6.07, 6.45) is 9.47. The van der Waals surface area contributed by atoms with E-state index in [2.05, 4.69) is 16.7 Å². The van der Waals surface area contributed by atoms with Gasteiger partial charge in [-0.3, -0.25) is 14.4 Å². The van der Waals surface area contributed by atoms with Gasteiger partial charge in [-0.15, -0.1) is 11.8 Å². The van der Waals surface area contributed by atoms with Crippen LogP contribution in [0.3, 0.4) is 0 Å². The summed E-state index contributed by atoms with van der Waals surface area (Å²) in [5, 5.41) is 11.9. The van der Waals surface area contributed by atoms with Crippen LogP contribution in [0.5, 0.6) is 0 Å². The number of esters is 3. The van der Waals surface area contributed by atoms with E-state index in [-0.39, 0.29) is 55.8 Å². The van der Waals surface area contributed by atoms with E-state index in [0.29, 0.717) is 11.6 Å². The SMILES string of the molecule is C=CCOC(=O)[C@@]1(C(=O)O[C@@](Cn2cncn2)(c2ccc(F)cc2F)[C@@H](C)SC2COC(C=CC=Cc3ccc(C#N)cc3F)OC2)C[C@@H]1COC(C)=O. The van der Waals surface area contributed by atoms with Crippen molar-refractivity contribution in [3.8, 4) is 6.07 Å². The van der Waals surface area contributed by atoms with Crippen molar-refractivity contribution in [2.75, 3.05) is 26.4 Å². The lowest BCUT2D eigenvalue weighted by Crippen LogP contribution is -2.49. The summed E-state index contributed by atoms with van der Waals surface area (Å²) in [5.41, 5.74) is -3.50. The predicted octanol–water partition coefficient (Wildman–Crippen LogP) is 5.44. The Kier molecular flexibility index (Phi) is 13.1. The highest BCUT2D eigenvalue weighted by atomic mass is 32.2. The van der Waals surface area contributed by atoms with E-state index in [1.165, 1.54) is 66.4 Å². The first-order valence-corrected chi connectivity index (χ1v) is 17.7. The molecule has 1 aromatic heterocycles. The third-order valence-electron chi connectivity index (χ3n) is 8.91. The molecule has 0 unspecified atom stereocenters. The summed E-state index contributed by atoms with van der Waals surface area (Å²) in [6, 6.07) is 8.90. The Morgan fingerprint density at radius 3 is 2.56 bits per heavy atom. The first-order valence-electron chi connectivity index (χ1n) is 16.8. The Labute approximate surface area is 313 Å². The van der Waals surface area contributed by atoms with Gasteiger partial charge in [-0.25, -0.2) is 22.8 Å². The molecule has 4 atom stereocenters. The number of ether oxygens (including phenoxy) is 5. The molecule has 2 aliphatic rings. The van der Waals surface area contributed by atoms with E-state index in [0.717, 1.165) is 12.1 Å². The van der Waals surface area contributed by atoms with Gasteiger partial charge in [0.2, 0.25) is 0 Å². The number of nitriles is 1. The Morgan fingerprint density at radius 1 is 1.13 bits per heavy atom. The molecule has 54 heavy (non-hydrogen) atoms. The largest absolute Gasteiger partial charge is 0.466 e. The van der Waals surface area contributed by atoms with E-state index < -0.39 is 63.8 Å². The van der Waals surface area contributed by atoms with Crippen LogP contribution in [0.15, 0.2) is 79.9 Å². The number of benzene rings is 2. The van der Waals surface area contributed by atoms with Crippen molar-refractivity contribution < 1.29 is 51.2 Å². The fraction of sp³-hybridized carbons (Fsp3) is 0.368. The summed E-state index contributed by atoms with van der Waals surface area (Å²) in [7, 11) is 0. The van der Waals surface area contributed by atoms with E-state index >= 15 is 4.39 Å². The van der Waals surface area contributed by atoms with Crippen LogP contribution in [0.4, 0.5) is 13.2 Å². The van der Waals surface area contributed by atoms with Crippen molar-refractivity contribution in [3.05, 3.63) is 114 Å². The van der Waals surface area contributed by atoms with E-state index in [1.807, 2.05) is 6.07 Å². The first kappa shape index (κ1) is 40.0. The van der Waals surface area contributed by atoms with Crippen molar-refractivity contribution in [2.24, 2.45) is 11.3 Å². The standard InChI is InChI=1S/C38H37F3N4O8S/c1-4-13-49-35(47)37(16-28(37)18-50-25(3)46)36(48)53-38(21-45-23-43-22-44-45,31-12-11-29(39)15-33(31)41)24(2)54-30-19-51-34(52-20-30)8-6-5-7-27-10-9-26(17-42)14-32(27)40/h4-12,14-15,22-24,28,30,34H,1,13,16,18-21H2,2-3H3/t24-,28-,30?,34?,37-,38-/m1/s1. The highest BCUT2D eigenvalue weighted by Gasteiger charge is 2.70. The van der Waals surface area contributed by atoms with E-state index in [1.54, 1.807) is 25.2 Å². The van der Waals surface area contributed by atoms with Gasteiger partial charge in [-0.05, 0) is 43.7 Å². The molecular formula is C38H37F3N4O8S. The third kappa shape index (κ3) is 9.27. The molecule has 1 saturated carbocycles. The second-order valence-electron chi connectivity index (χ2n) is 12.6. The summed E-state index contributed by atoms with van der Waals surface area (Å²) in [5.74, 6) is -5.81. The third-order valence-corrected chi connectivity index (χ3v) is 10.4. The number of hydrogen-bond donors (Lipinski definition) is 0. The number of allylic oxidation sites excluding steroid dienone is 2. The van der Waals surface area contributed by atoms with Gasteiger partial charge in [0.25, 0.3) is 0 Å². The van der Waals surface area contributed by atoms with Crippen LogP contribution in [0, 0.1) is 40.1 Å². The average Bonchev–Trinajstić information content (AvgIpc) is 3.68. The van der Waals surface area contributed by atoms with Gasteiger partial charge in [-0.2, -0.15) is 10.4 Å². The Hall–Kier alpha value is -5.24. The van der Waals surface area contributed by atoms with Crippen LogP contribution in [0.25, 0.3) is 6.08 Å². The lowest BCUT2D eigenvalue weighted by atomic mass is 9.88. The smallest absolute Gasteiger partial charge is 0.324 e. The molecule has 0 radical (unpaired) electrons. The Bertz CT molecular complexity index is 1950. The molecule has 1 aliphatic heterocycles. The topological polar surface area (TPSA) is 152 Å². The molecule has 3 aromatic rings. The van der Waals surface area contributed by atoms with Gasteiger partial charge in [-0.1, -0.05) is 36.9 Å². The van der Waals surface area contributed by atoms with E-state index in [9.17, 15) is 23.2 Å². The van der Waals surface area contributed by atoms with Crippen LogP contribution < -0.4 is 0 Å². The molecule has 2 fully saturated rings. The maximum absolute atomic E-state index is 15.9. The molecule has 0 N–H and O–H groups in total. The van der Waals surface area contributed by atoms with Crippen LogP contribution >= 0.6 is 11.8 Å². The summed E-state index contributed by atoms with van der Waals surface area (Å²) < 4.78 is 74.2. The summed E-state index contributed by atoms with van der Waals surface area (Å²) >= 11 is 1.25. The molecule has 16 heteroatoms. The highest BCUT2D eigenvalue weighted by molar-refractivity contribution is 8.00. The number of carbonyl (C=O) groups is 3. The van der Waals surface area contributed by atoms with Crippen molar-refractivity contribution in [1.29, 1.82) is 5.26 Å². The Morgan fingerprint density at radius 2 is 1.91 bits per heavy atom. The van der Waals surface area contributed by atoms with Crippen molar-refractivity contribution >= 4 is 35.7 Å². The fourth-order valence-corrected chi connectivity index (χ4v) is 7.34. The summed E-state index contributed by atoms with van der Waals surface area (Å²) in [6.45, 7) is 5.94. The number of thioether (sulfide) groups is 1. The highest BCUT2D eigenvalue weighted by Crippen LogP contribution is 2.56. The number of nitrogens with zero attached hydrogens (tertiary/aromatic N) is 4. The normalized spacial score (nSPS) is 22.6. The molecule has 2 heterocycles. The molecule has 284 valence electrons. The quantitative estimate of drug-likeness (QED) is 0.0601. The zero-order chi connectivity index (χ0) is 38.9. The molecule has 2 aromatic carbocycles. The molecular weight excluding hydrogens is 729 g/mol. The molecule has 0 bridgehead atoms. The maximum atomic E-state index is 15.9. The molecule has 1 aliphatic carbocycles. The fourth-order valence-electron chi connectivity index (χ4n) is 5.98. The van der Waals surface area contributed by atoms with Crippen LogP contribution in [0.2, 0.25) is 0 Å². The summed E-state index contributed by atoms with van der Waals surface area (Å²) in [4.78, 5) is 43.3. The Balaban J connectivity index is 1.38. The number of aromatic nitrogens is 3. The lowest BCUT2D eigenvalue weighted by molar-refractivity contribution is -0.179. The zero-order valence-corrected chi connectivity index (χ0v) is 30.2. The number of rotatable bonds is 16. The monoisotopic (exact) mass is 766 g/mol. The van der Waals surface area contributed by atoms with Crippen molar-refractivity contribution in [1.82, 2.24) is 14.8 Å². The average molecular weight is 767 g/mol. The minimum Gasteiger partial charge on any atom is -0.466 e. The van der Waals surface area contributed by atoms with E-state index in [4.69, 9.17) is 28.9 Å². The van der Waals surface area contributed by atoms with Crippen molar-refractivity contribution in [3.63, 3.8) is 0 Å². The maximum Gasteiger partial charge on any atom is 0.324 e. The van der Waals surface area contributed by atoms with Crippen LogP contribution in [-0.2, 0) is 50.2 Å². The molecule has 12 nitrogen and oxygen atoms in total. The molecule has 0 amide bonds. The second-order valence-corrected chi connectivity index (χ2v) is 14.2. The van der Waals surface area contributed by atoms with Gasteiger partial charge in [0.05, 0.1) is 43.2 Å². The zero-order valence-electron chi connectivity index (χ0n) is 29.4. The number of carbonyl (C=O) groups excluding carboxylic acids is 3. The van der Waals surface area contributed by atoms with Gasteiger partial charge < -0.3 is 23.7 Å². The van der Waals surface area contributed by atoms with Gasteiger partial charge in [0, 0.05) is 35.3 Å². The number of hydrogen-bond acceptors (Lipinski definition) is 12. The second kappa shape index (κ2) is 17.7. The molecule has 0 spiro atoms. The van der Waals surface area contributed by atoms with Gasteiger partial charge in [0.15, 0.2) is 17.3 Å². The molecule has 1 saturated heterocycles. The van der Waals surface area contributed by atoms with Crippen LogP contribution in [0.1, 0.15) is 37.0 Å². The van der Waals surface area contributed by atoms with Crippen molar-refractivity contribution in [2.45, 2.75) is 49.2 Å². The molecule has 5 rings (SSSR count). The lowest BCUT2D eigenvalue weighted by Gasteiger charge is -2.41. The van der Waals surface area contributed by atoms with Crippen LogP contribution in [-0.4, -0.2) is 75.9 Å². The number of halogens is 3. The van der Waals surface area contributed by atoms with Gasteiger partial charge >= 0.3 is 17.9 Å². The minimum absolute atomic E-state index is 0.0707. The predicted molar refractivity (Wildman–Crippen MR) is 188 cm³/mol. The first-order chi connectivity index (χ1) is 25.9. The minimum atomic E-state index is -1.93.